The normalized spacial score (nSPS) is 13.8. The Balaban J connectivity index is 3.23. The van der Waals surface area contributed by atoms with E-state index in [1.165, 1.54) is 6.07 Å². The summed E-state index contributed by atoms with van der Waals surface area (Å²) in [7, 11) is 0. The van der Waals surface area contributed by atoms with Crippen molar-refractivity contribution in [1.82, 2.24) is 0 Å². The molecule has 174 valence electrons. The Labute approximate surface area is 169 Å². The Morgan fingerprint density at radius 1 is 0.625 bits per heavy atom. The standard InChI is InChI=1S/C18H6F13N/c19-14(17(26,27)28,18(29,30)31)11-5-10(15(20,21)22)6-12(16(23,24)25)13(11)9-3-1-2-8(4-9)7-32/h1-6H. The van der Waals surface area contributed by atoms with E-state index in [1.54, 1.807) is 0 Å². The molecule has 0 aliphatic carbocycles. The zero-order valence-corrected chi connectivity index (χ0v) is 14.8. The molecule has 0 saturated heterocycles. The van der Waals surface area contributed by atoms with Crippen molar-refractivity contribution in [3.8, 4) is 17.2 Å². The molecule has 2 aromatic rings. The second-order valence-electron chi connectivity index (χ2n) is 6.29. The van der Waals surface area contributed by atoms with Crippen LogP contribution in [0.1, 0.15) is 22.3 Å². The molecule has 0 radical (unpaired) electrons. The summed E-state index contributed by atoms with van der Waals surface area (Å²) < 4.78 is 174. The molecule has 0 fully saturated rings. The molecule has 0 aliphatic rings. The van der Waals surface area contributed by atoms with Gasteiger partial charge in [-0.25, -0.2) is 4.39 Å². The highest BCUT2D eigenvalue weighted by Gasteiger charge is 2.74. The van der Waals surface area contributed by atoms with Crippen LogP contribution in [0.5, 0.6) is 0 Å². The molecule has 0 saturated carbocycles. The van der Waals surface area contributed by atoms with Gasteiger partial charge in [-0.1, -0.05) is 12.1 Å². The maximum absolute atomic E-state index is 14.8. The highest BCUT2D eigenvalue weighted by molar-refractivity contribution is 5.75. The maximum Gasteiger partial charge on any atom is 0.435 e. The predicted molar refractivity (Wildman–Crippen MR) is 81.5 cm³/mol. The number of nitrogens with zero attached hydrogens (tertiary/aromatic N) is 1. The van der Waals surface area contributed by atoms with Crippen LogP contribution in [0.25, 0.3) is 11.1 Å². The predicted octanol–water partition coefficient (Wildman–Crippen LogP) is 7.55. The molecule has 0 N–H and O–H groups in total. The Morgan fingerprint density at radius 2 is 1.12 bits per heavy atom. The van der Waals surface area contributed by atoms with Crippen molar-refractivity contribution in [1.29, 1.82) is 5.26 Å². The number of hydrogen-bond donors (Lipinski definition) is 0. The van der Waals surface area contributed by atoms with E-state index in [0.29, 0.717) is 12.1 Å². The molecule has 2 rings (SSSR count). The molecule has 0 spiro atoms. The van der Waals surface area contributed by atoms with Crippen LogP contribution in [0.3, 0.4) is 0 Å². The molecule has 0 aromatic heterocycles. The lowest BCUT2D eigenvalue weighted by Gasteiger charge is -2.33. The summed E-state index contributed by atoms with van der Waals surface area (Å²) in [6, 6.07) is 2.18. The van der Waals surface area contributed by atoms with Crippen LogP contribution in [-0.2, 0) is 18.0 Å². The third-order valence-electron chi connectivity index (χ3n) is 4.20. The van der Waals surface area contributed by atoms with Crippen LogP contribution in [0.2, 0.25) is 0 Å². The van der Waals surface area contributed by atoms with Crippen molar-refractivity contribution in [3.63, 3.8) is 0 Å². The van der Waals surface area contributed by atoms with E-state index in [1.807, 2.05) is 0 Å². The highest BCUT2D eigenvalue weighted by Crippen LogP contribution is 2.57. The molecule has 0 amide bonds. The number of nitriles is 1. The fourth-order valence-corrected chi connectivity index (χ4v) is 2.82. The lowest BCUT2D eigenvalue weighted by molar-refractivity contribution is -0.348. The summed E-state index contributed by atoms with van der Waals surface area (Å²) in [6.07, 6.45) is -25.8. The first-order valence-electron chi connectivity index (χ1n) is 7.91. The van der Waals surface area contributed by atoms with E-state index >= 15 is 0 Å². The van der Waals surface area contributed by atoms with Gasteiger partial charge in [0.2, 0.25) is 0 Å². The van der Waals surface area contributed by atoms with Crippen molar-refractivity contribution >= 4 is 0 Å². The molecule has 14 heteroatoms. The van der Waals surface area contributed by atoms with Gasteiger partial charge in [-0.2, -0.15) is 57.9 Å². The second kappa shape index (κ2) is 7.56. The van der Waals surface area contributed by atoms with E-state index < -0.39 is 75.9 Å². The van der Waals surface area contributed by atoms with Gasteiger partial charge in [0.05, 0.1) is 22.8 Å². The highest BCUT2D eigenvalue weighted by atomic mass is 19.4. The summed E-state index contributed by atoms with van der Waals surface area (Å²) in [6.45, 7) is 0. The van der Waals surface area contributed by atoms with Crippen molar-refractivity contribution in [2.75, 3.05) is 0 Å². The summed E-state index contributed by atoms with van der Waals surface area (Å²) in [5, 5.41) is 8.82. The molecule has 0 unspecified atom stereocenters. The molecule has 2 aromatic carbocycles. The molecule has 0 aliphatic heterocycles. The molecular weight excluding hydrogens is 477 g/mol. The van der Waals surface area contributed by atoms with Crippen LogP contribution >= 0.6 is 0 Å². The van der Waals surface area contributed by atoms with Crippen molar-refractivity contribution in [2.24, 2.45) is 0 Å². The third kappa shape index (κ3) is 4.33. The summed E-state index contributed by atoms with van der Waals surface area (Å²) in [4.78, 5) is 0. The van der Waals surface area contributed by atoms with Crippen LogP contribution in [0, 0.1) is 11.3 Å². The van der Waals surface area contributed by atoms with Gasteiger partial charge in [0.15, 0.2) is 0 Å². The minimum atomic E-state index is -7.00. The second-order valence-corrected chi connectivity index (χ2v) is 6.29. The number of halogens is 13. The molecule has 0 heterocycles. The van der Waals surface area contributed by atoms with Gasteiger partial charge in [-0.3, -0.25) is 0 Å². The quantitative estimate of drug-likeness (QED) is 0.405. The van der Waals surface area contributed by atoms with Gasteiger partial charge >= 0.3 is 30.4 Å². The zero-order chi connectivity index (χ0) is 24.9. The number of benzene rings is 2. The number of alkyl halides is 13. The minimum Gasteiger partial charge on any atom is -0.218 e. The third-order valence-corrected chi connectivity index (χ3v) is 4.20. The van der Waals surface area contributed by atoms with Crippen LogP contribution in [0.15, 0.2) is 36.4 Å². The summed E-state index contributed by atoms with van der Waals surface area (Å²) in [5.74, 6) is 0. The fraction of sp³-hybridized carbons (Fsp3) is 0.278. The summed E-state index contributed by atoms with van der Waals surface area (Å²) >= 11 is 0. The summed E-state index contributed by atoms with van der Waals surface area (Å²) in [5.41, 5.74) is -18.7. The maximum atomic E-state index is 14.8. The average Bonchev–Trinajstić information content (AvgIpc) is 2.63. The lowest BCUT2D eigenvalue weighted by Crippen LogP contribution is -2.51. The molecule has 0 atom stereocenters. The Hall–Kier alpha value is -2.98. The molecule has 1 nitrogen and oxygen atoms in total. The van der Waals surface area contributed by atoms with Gasteiger partial charge in [0.25, 0.3) is 0 Å². The minimum absolute atomic E-state index is 0.383. The van der Waals surface area contributed by atoms with Crippen LogP contribution in [-0.4, -0.2) is 12.4 Å². The first kappa shape index (κ1) is 25.3. The van der Waals surface area contributed by atoms with E-state index in [2.05, 4.69) is 0 Å². The van der Waals surface area contributed by atoms with E-state index in [4.69, 9.17) is 5.26 Å². The van der Waals surface area contributed by atoms with E-state index in [9.17, 15) is 57.1 Å². The van der Waals surface area contributed by atoms with E-state index in [0.717, 1.165) is 12.1 Å². The molecule has 0 bridgehead atoms. The Kier molecular flexibility index (Phi) is 5.97. The van der Waals surface area contributed by atoms with Gasteiger partial charge < -0.3 is 0 Å². The van der Waals surface area contributed by atoms with Crippen LogP contribution < -0.4 is 0 Å². The van der Waals surface area contributed by atoms with Gasteiger partial charge in [-0.15, -0.1) is 0 Å². The number of rotatable bonds is 2. The zero-order valence-electron chi connectivity index (χ0n) is 14.8. The first-order valence-corrected chi connectivity index (χ1v) is 7.91. The largest absolute Gasteiger partial charge is 0.435 e. The average molecular weight is 483 g/mol. The van der Waals surface area contributed by atoms with Crippen LogP contribution in [0.4, 0.5) is 57.1 Å². The topological polar surface area (TPSA) is 23.8 Å². The molecule has 32 heavy (non-hydrogen) atoms. The smallest absolute Gasteiger partial charge is 0.218 e. The number of hydrogen-bond acceptors (Lipinski definition) is 1. The fourth-order valence-electron chi connectivity index (χ4n) is 2.82. The van der Waals surface area contributed by atoms with Crippen molar-refractivity contribution in [2.45, 2.75) is 30.4 Å². The van der Waals surface area contributed by atoms with Crippen molar-refractivity contribution < 1.29 is 57.1 Å². The molecular formula is C18H6F13N. The Bertz CT molecular complexity index is 1030. The SMILES string of the molecule is N#Cc1cccc(-c2c(C(F)(F)F)cc(C(F)(F)F)cc2C(F)(C(F)(F)F)C(F)(F)F)c1. The van der Waals surface area contributed by atoms with Crippen molar-refractivity contribution in [3.05, 3.63) is 58.7 Å². The van der Waals surface area contributed by atoms with Gasteiger partial charge in [-0.05, 0) is 29.8 Å². The monoisotopic (exact) mass is 483 g/mol. The lowest BCUT2D eigenvalue weighted by atomic mass is 9.82. The van der Waals surface area contributed by atoms with Gasteiger partial charge in [0, 0.05) is 11.1 Å². The van der Waals surface area contributed by atoms with E-state index in [-0.39, 0.29) is 0 Å². The Morgan fingerprint density at radius 3 is 1.53 bits per heavy atom. The van der Waals surface area contributed by atoms with Gasteiger partial charge in [0.1, 0.15) is 0 Å². The first-order chi connectivity index (χ1) is 14.2.